The van der Waals surface area contributed by atoms with E-state index in [2.05, 4.69) is 50.6 Å². The zero-order valence-electron chi connectivity index (χ0n) is 13.1. The van der Waals surface area contributed by atoms with Crippen LogP contribution in [0.5, 0.6) is 5.75 Å². The minimum Gasteiger partial charge on any atom is -0.507 e. The smallest absolute Gasteiger partial charge is 0.123 e. The molecule has 0 saturated heterocycles. The van der Waals surface area contributed by atoms with E-state index in [1.807, 2.05) is 13.1 Å². The number of aliphatic imine (C=N–C) groups is 1. The largest absolute Gasteiger partial charge is 0.507 e. The van der Waals surface area contributed by atoms with Crippen LogP contribution in [0.3, 0.4) is 0 Å². The topological polar surface area (TPSA) is 32.6 Å². The fourth-order valence-electron chi connectivity index (χ4n) is 2.16. The molecule has 1 rings (SSSR count). The first-order chi connectivity index (χ1) is 8.81. The van der Waals surface area contributed by atoms with Crippen molar-refractivity contribution in [2.75, 3.05) is 0 Å². The molecule has 0 amide bonds. The van der Waals surface area contributed by atoms with Crippen LogP contribution in [0.15, 0.2) is 17.1 Å². The highest BCUT2D eigenvalue weighted by Gasteiger charge is 2.22. The van der Waals surface area contributed by atoms with E-state index in [4.69, 9.17) is 0 Å². The number of aromatic hydroxyl groups is 1. The summed E-state index contributed by atoms with van der Waals surface area (Å²) in [4.78, 5) is 4.61. The van der Waals surface area contributed by atoms with E-state index in [0.29, 0.717) is 11.8 Å². The van der Waals surface area contributed by atoms with Gasteiger partial charge in [0.2, 0.25) is 0 Å². The van der Waals surface area contributed by atoms with Gasteiger partial charge in [-0.2, -0.15) is 0 Å². The third-order valence-electron chi connectivity index (χ3n) is 3.60. The second kappa shape index (κ2) is 6.37. The molecule has 0 aliphatic carbocycles. The van der Waals surface area contributed by atoms with Crippen LogP contribution in [0.25, 0.3) is 0 Å². The number of hydrogen-bond donors (Lipinski definition) is 1. The van der Waals surface area contributed by atoms with Crippen molar-refractivity contribution in [1.82, 2.24) is 0 Å². The van der Waals surface area contributed by atoms with E-state index in [1.165, 1.54) is 0 Å². The molecule has 0 heterocycles. The Labute approximate surface area is 118 Å². The average Bonchev–Trinajstić information content (AvgIpc) is 2.32. The molecule has 0 spiro atoms. The third kappa shape index (κ3) is 3.93. The molecule has 0 saturated carbocycles. The molecule has 2 nitrogen and oxygen atoms in total. The number of rotatable bonds is 5. The minimum absolute atomic E-state index is 0.356. The number of aryl methyl sites for hydroxylation is 1. The molecule has 0 atom stereocenters. The highest BCUT2D eigenvalue weighted by molar-refractivity contribution is 6.89. The predicted molar refractivity (Wildman–Crippen MR) is 87.8 cm³/mol. The van der Waals surface area contributed by atoms with Gasteiger partial charge in [0.15, 0.2) is 0 Å². The third-order valence-corrected chi connectivity index (χ3v) is 5.62. The fraction of sp³-hybridized carbons (Fsp3) is 0.562. The van der Waals surface area contributed by atoms with Crippen LogP contribution in [-0.4, -0.2) is 25.4 Å². The van der Waals surface area contributed by atoms with Gasteiger partial charge in [-0.25, -0.2) is 0 Å². The summed E-state index contributed by atoms with van der Waals surface area (Å²) in [6.07, 6.45) is 3.95. The van der Waals surface area contributed by atoms with Gasteiger partial charge in [-0.3, -0.25) is 4.99 Å². The van der Waals surface area contributed by atoms with Gasteiger partial charge in [0, 0.05) is 17.8 Å². The Bertz CT molecular complexity index is 457. The lowest BCUT2D eigenvalue weighted by atomic mass is 10.1. The molecular formula is C16H27NOSi. The van der Waals surface area contributed by atoms with E-state index >= 15 is 0 Å². The van der Waals surface area contributed by atoms with E-state index in [9.17, 15) is 5.11 Å². The molecule has 0 fully saturated rings. The van der Waals surface area contributed by atoms with Crippen molar-refractivity contribution in [3.63, 3.8) is 0 Å². The van der Waals surface area contributed by atoms with Crippen molar-refractivity contribution in [3.05, 3.63) is 23.3 Å². The highest BCUT2D eigenvalue weighted by Crippen LogP contribution is 2.21. The molecule has 0 bridgehead atoms. The summed E-state index contributed by atoms with van der Waals surface area (Å²) in [6.45, 7) is 13.1. The second-order valence-corrected chi connectivity index (χ2v) is 11.2. The summed E-state index contributed by atoms with van der Waals surface area (Å²) in [5.74, 6) is 0.439. The van der Waals surface area contributed by atoms with E-state index in [0.717, 1.165) is 29.2 Å². The van der Waals surface area contributed by atoms with Crippen molar-refractivity contribution in [1.29, 1.82) is 0 Å². The molecule has 0 aliphatic rings. The lowest BCUT2D eigenvalue weighted by Gasteiger charge is -2.20. The second-order valence-electron chi connectivity index (χ2n) is 6.19. The Morgan fingerprint density at radius 1 is 1.21 bits per heavy atom. The monoisotopic (exact) mass is 277 g/mol. The van der Waals surface area contributed by atoms with Gasteiger partial charge < -0.3 is 5.11 Å². The average molecular weight is 277 g/mol. The van der Waals surface area contributed by atoms with Crippen LogP contribution < -0.4 is 5.19 Å². The SMILES string of the molecule is CCC(CC)N=Cc1c(C)ccc([Si](C)(C)C)c1O. The Morgan fingerprint density at radius 2 is 1.79 bits per heavy atom. The number of benzene rings is 1. The van der Waals surface area contributed by atoms with E-state index in [-0.39, 0.29) is 0 Å². The Hall–Kier alpha value is -1.09. The normalized spacial score (nSPS) is 12.6. The lowest BCUT2D eigenvalue weighted by molar-refractivity contribution is 0.478. The summed E-state index contributed by atoms with van der Waals surface area (Å²) in [6, 6.07) is 4.53. The quantitative estimate of drug-likeness (QED) is 0.643. The van der Waals surface area contributed by atoms with Crippen molar-refractivity contribution in [2.24, 2.45) is 4.99 Å². The summed E-state index contributed by atoms with van der Waals surface area (Å²) in [5, 5.41) is 11.6. The van der Waals surface area contributed by atoms with Crippen LogP contribution in [0.2, 0.25) is 19.6 Å². The molecule has 1 aromatic rings. The van der Waals surface area contributed by atoms with Gasteiger partial charge in [-0.1, -0.05) is 45.6 Å². The van der Waals surface area contributed by atoms with Crippen molar-refractivity contribution in [3.8, 4) is 5.75 Å². The van der Waals surface area contributed by atoms with Gasteiger partial charge in [0.25, 0.3) is 0 Å². The standard InChI is InChI=1S/C16H27NOSi/c1-7-13(8-2)17-11-14-12(3)9-10-15(16(14)18)19(4,5)6/h9-11,13,18H,7-8H2,1-6H3. The molecule has 1 aromatic carbocycles. The summed E-state index contributed by atoms with van der Waals surface area (Å²) in [5.41, 5.74) is 1.99. The van der Waals surface area contributed by atoms with Gasteiger partial charge in [-0.15, -0.1) is 0 Å². The predicted octanol–water partition coefficient (Wildman–Crippen LogP) is 3.85. The van der Waals surface area contributed by atoms with Gasteiger partial charge >= 0.3 is 0 Å². The van der Waals surface area contributed by atoms with Crippen LogP contribution >= 0.6 is 0 Å². The first kappa shape index (κ1) is 16.0. The maximum absolute atomic E-state index is 10.5. The maximum Gasteiger partial charge on any atom is 0.123 e. The van der Waals surface area contributed by atoms with Crippen molar-refractivity contribution in [2.45, 2.75) is 59.3 Å². The van der Waals surface area contributed by atoms with E-state index < -0.39 is 8.07 Å². The van der Waals surface area contributed by atoms with Crippen LogP contribution in [0.1, 0.15) is 37.8 Å². The molecule has 106 valence electrons. The fourth-order valence-corrected chi connectivity index (χ4v) is 3.58. The molecule has 0 unspecified atom stereocenters. The van der Waals surface area contributed by atoms with Gasteiger partial charge in [0.05, 0.1) is 8.07 Å². The molecule has 1 N–H and O–H groups in total. The lowest BCUT2D eigenvalue weighted by Crippen LogP contribution is -2.38. The zero-order valence-corrected chi connectivity index (χ0v) is 14.1. The minimum atomic E-state index is -1.52. The first-order valence-corrected chi connectivity index (χ1v) is 10.7. The van der Waals surface area contributed by atoms with Gasteiger partial charge in [-0.05, 0) is 30.5 Å². The van der Waals surface area contributed by atoms with Crippen LogP contribution in [0.4, 0.5) is 0 Å². The first-order valence-electron chi connectivity index (χ1n) is 7.17. The van der Waals surface area contributed by atoms with Crippen LogP contribution in [0, 0.1) is 6.92 Å². The molecule has 3 heteroatoms. The number of hydrogen-bond acceptors (Lipinski definition) is 2. The van der Waals surface area contributed by atoms with Crippen molar-refractivity contribution >= 4 is 19.5 Å². The number of phenolic OH excluding ortho intramolecular Hbond substituents is 1. The summed E-state index contributed by atoms with van der Waals surface area (Å²) >= 11 is 0. The summed E-state index contributed by atoms with van der Waals surface area (Å²) in [7, 11) is -1.52. The van der Waals surface area contributed by atoms with Gasteiger partial charge in [0.1, 0.15) is 5.75 Å². The maximum atomic E-state index is 10.5. The summed E-state index contributed by atoms with van der Waals surface area (Å²) < 4.78 is 0. The highest BCUT2D eigenvalue weighted by atomic mass is 28.3. The zero-order chi connectivity index (χ0) is 14.6. The molecular weight excluding hydrogens is 250 g/mol. The molecule has 0 radical (unpaired) electrons. The Balaban J connectivity index is 3.21. The number of phenols is 1. The van der Waals surface area contributed by atoms with Crippen LogP contribution in [-0.2, 0) is 0 Å². The molecule has 19 heavy (non-hydrogen) atoms. The Morgan fingerprint density at radius 3 is 2.26 bits per heavy atom. The number of nitrogens with zero attached hydrogens (tertiary/aromatic N) is 1. The van der Waals surface area contributed by atoms with Crippen molar-refractivity contribution < 1.29 is 5.11 Å². The van der Waals surface area contributed by atoms with E-state index in [1.54, 1.807) is 0 Å². The molecule has 0 aromatic heterocycles. The Kier molecular flexibility index (Phi) is 5.35. The molecule has 0 aliphatic heterocycles.